The summed E-state index contributed by atoms with van der Waals surface area (Å²) in [7, 11) is 0. The molecule has 3 nitrogen and oxygen atoms in total. The summed E-state index contributed by atoms with van der Waals surface area (Å²) in [5, 5.41) is 1.17. The Hall–Kier alpha value is -1.55. The molecule has 0 unspecified atom stereocenters. The number of anilines is 1. The molecule has 0 aliphatic carbocycles. The highest BCUT2D eigenvalue weighted by molar-refractivity contribution is 6.43. The van der Waals surface area contributed by atoms with E-state index in [9.17, 15) is 4.79 Å². The second-order valence-corrected chi connectivity index (χ2v) is 6.41. The number of carbonyl (C=O) groups excluding carboxylic acids is 1. The Kier molecular flexibility index (Phi) is 5.21. The molecule has 23 heavy (non-hydrogen) atoms. The maximum Gasteiger partial charge on any atom is 0.176 e. The van der Waals surface area contributed by atoms with E-state index < -0.39 is 0 Å². The van der Waals surface area contributed by atoms with Gasteiger partial charge in [0, 0.05) is 31.7 Å². The molecule has 0 bridgehead atoms. The summed E-state index contributed by atoms with van der Waals surface area (Å²) >= 11 is 12.4. The van der Waals surface area contributed by atoms with E-state index >= 15 is 0 Å². The third kappa shape index (κ3) is 3.86. The molecule has 0 aromatic heterocycles. The summed E-state index contributed by atoms with van der Waals surface area (Å²) in [4.78, 5) is 16.7. The lowest BCUT2D eigenvalue weighted by Crippen LogP contribution is -2.48. The minimum Gasteiger partial charge on any atom is -0.368 e. The fourth-order valence-electron chi connectivity index (χ4n) is 2.80. The van der Waals surface area contributed by atoms with Gasteiger partial charge in [-0.05, 0) is 12.1 Å². The minimum atomic E-state index is 0.167. The summed E-state index contributed by atoms with van der Waals surface area (Å²) < 4.78 is 0. The van der Waals surface area contributed by atoms with E-state index in [1.165, 1.54) is 0 Å². The number of nitrogens with zero attached hydrogens (tertiary/aromatic N) is 2. The van der Waals surface area contributed by atoms with Crippen molar-refractivity contribution < 1.29 is 4.79 Å². The quantitative estimate of drug-likeness (QED) is 0.780. The van der Waals surface area contributed by atoms with Crippen LogP contribution in [-0.2, 0) is 0 Å². The van der Waals surface area contributed by atoms with Crippen LogP contribution in [0.25, 0.3) is 0 Å². The molecular weight excluding hydrogens is 331 g/mol. The van der Waals surface area contributed by atoms with Crippen molar-refractivity contribution in [3.63, 3.8) is 0 Å². The number of piperazine rings is 1. The molecular formula is C18H18Cl2N2O. The monoisotopic (exact) mass is 348 g/mol. The van der Waals surface area contributed by atoms with Gasteiger partial charge in [0.2, 0.25) is 0 Å². The van der Waals surface area contributed by atoms with Crippen LogP contribution in [0, 0.1) is 0 Å². The Balaban J connectivity index is 1.58. The van der Waals surface area contributed by atoms with Crippen LogP contribution in [0.5, 0.6) is 0 Å². The van der Waals surface area contributed by atoms with Gasteiger partial charge in [-0.1, -0.05) is 59.6 Å². The molecule has 0 N–H and O–H groups in total. The summed E-state index contributed by atoms with van der Waals surface area (Å²) in [5.74, 6) is 0.167. The first-order valence-electron chi connectivity index (χ1n) is 7.65. The average molecular weight is 349 g/mol. The number of halogens is 2. The minimum absolute atomic E-state index is 0.167. The lowest BCUT2D eigenvalue weighted by Gasteiger charge is -2.36. The number of rotatable bonds is 4. The van der Waals surface area contributed by atoms with Crippen molar-refractivity contribution in [1.29, 1.82) is 0 Å². The Labute approximate surface area is 146 Å². The van der Waals surface area contributed by atoms with Crippen LogP contribution in [0.3, 0.4) is 0 Å². The summed E-state index contributed by atoms with van der Waals surface area (Å²) in [6, 6.07) is 15.1. The molecule has 0 spiro atoms. The smallest absolute Gasteiger partial charge is 0.176 e. The molecule has 2 aromatic carbocycles. The van der Waals surface area contributed by atoms with Gasteiger partial charge >= 0.3 is 0 Å². The topological polar surface area (TPSA) is 23.6 Å². The van der Waals surface area contributed by atoms with Gasteiger partial charge in [0.05, 0.1) is 22.3 Å². The van der Waals surface area contributed by atoms with Gasteiger partial charge < -0.3 is 4.90 Å². The van der Waals surface area contributed by atoms with Crippen molar-refractivity contribution in [3.8, 4) is 0 Å². The average Bonchev–Trinajstić information content (AvgIpc) is 2.59. The maximum absolute atomic E-state index is 12.3. The number of hydrogen-bond donors (Lipinski definition) is 0. The van der Waals surface area contributed by atoms with Crippen LogP contribution in [0.15, 0.2) is 48.5 Å². The third-order valence-corrected chi connectivity index (χ3v) is 4.92. The van der Waals surface area contributed by atoms with Crippen LogP contribution < -0.4 is 4.90 Å². The first-order chi connectivity index (χ1) is 11.1. The van der Waals surface area contributed by atoms with Gasteiger partial charge in [-0.2, -0.15) is 0 Å². The molecule has 0 radical (unpaired) electrons. The van der Waals surface area contributed by atoms with Crippen LogP contribution in [0.2, 0.25) is 10.0 Å². The highest BCUT2D eigenvalue weighted by Crippen LogP contribution is 2.32. The molecule has 0 atom stereocenters. The largest absolute Gasteiger partial charge is 0.368 e. The van der Waals surface area contributed by atoms with Crippen LogP contribution in [0.4, 0.5) is 5.69 Å². The van der Waals surface area contributed by atoms with E-state index in [1.807, 2.05) is 42.5 Å². The van der Waals surface area contributed by atoms with Crippen molar-refractivity contribution in [2.24, 2.45) is 0 Å². The Morgan fingerprint density at radius 1 is 0.913 bits per heavy atom. The summed E-state index contributed by atoms with van der Waals surface area (Å²) in [6.07, 6.45) is 0. The van der Waals surface area contributed by atoms with E-state index in [0.29, 0.717) is 16.6 Å². The normalized spacial score (nSPS) is 15.7. The fraction of sp³-hybridized carbons (Fsp3) is 0.278. The molecule has 3 rings (SSSR count). The summed E-state index contributed by atoms with van der Waals surface area (Å²) in [6.45, 7) is 3.80. The first kappa shape index (κ1) is 16.3. The molecule has 1 saturated heterocycles. The number of Topliss-reactive ketones (excluding diaryl/α,β-unsaturated/α-hetero) is 1. The van der Waals surface area contributed by atoms with Gasteiger partial charge in [0.1, 0.15) is 0 Å². The zero-order chi connectivity index (χ0) is 16.2. The molecule has 5 heteroatoms. The van der Waals surface area contributed by atoms with Crippen molar-refractivity contribution in [1.82, 2.24) is 4.90 Å². The standard InChI is InChI=1S/C18H18Cl2N2O/c19-15-7-4-8-16(18(15)20)22-11-9-21(10-12-22)13-17(23)14-5-2-1-3-6-14/h1-8H,9-13H2. The van der Waals surface area contributed by atoms with Gasteiger partial charge in [0.15, 0.2) is 5.78 Å². The van der Waals surface area contributed by atoms with E-state index in [-0.39, 0.29) is 5.78 Å². The van der Waals surface area contributed by atoms with E-state index in [4.69, 9.17) is 23.2 Å². The molecule has 0 amide bonds. The number of benzene rings is 2. The molecule has 2 aromatic rings. The second kappa shape index (κ2) is 7.35. The molecule has 120 valence electrons. The number of hydrogen-bond acceptors (Lipinski definition) is 3. The van der Waals surface area contributed by atoms with Crippen molar-refractivity contribution in [2.75, 3.05) is 37.6 Å². The van der Waals surface area contributed by atoms with E-state index in [2.05, 4.69) is 9.80 Å². The lowest BCUT2D eigenvalue weighted by molar-refractivity contribution is 0.0926. The predicted octanol–water partition coefficient (Wildman–Crippen LogP) is 4.00. The van der Waals surface area contributed by atoms with Gasteiger partial charge in [-0.15, -0.1) is 0 Å². The lowest BCUT2D eigenvalue weighted by atomic mass is 10.1. The zero-order valence-electron chi connectivity index (χ0n) is 12.7. The molecule has 0 saturated carbocycles. The second-order valence-electron chi connectivity index (χ2n) is 5.63. The third-order valence-electron chi connectivity index (χ3n) is 4.11. The van der Waals surface area contributed by atoms with Crippen molar-refractivity contribution in [3.05, 3.63) is 64.1 Å². The van der Waals surface area contributed by atoms with Crippen molar-refractivity contribution >= 4 is 34.7 Å². The molecule has 1 aliphatic heterocycles. The summed E-state index contributed by atoms with van der Waals surface area (Å²) in [5.41, 5.74) is 1.74. The van der Waals surface area contributed by atoms with Gasteiger partial charge in [-0.25, -0.2) is 0 Å². The van der Waals surface area contributed by atoms with Crippen LogP contribution >= 0.6 is 23.2 Å². The Morgan fingerprint density at radius 2 is 1.61 bits per heavy atom. The van der Waals surface area contributed by atoms with Crippen LogP contribution in [0.1, 0.15) is 10.4 Å². The first-order valence-corrected chi connectivity index (χ1v) is 8.40. The van der Waals surface area contributed by atoms with E-state index in [1.54, 1.807) is 6.07 Å². The van der Waals surface area contributed by atoms with Crippen molar-refractivity contribution in [2.45, 2.75) is 0 Å². The van der Waals surface area contributed by atoms with E-state index in [0.717, 1.165) is 37.4 Å². The zero-order valence-corrected chi connectivity index (χ0v) is 14.2. The van der Waals surface area contributed by atoms with Gasteiger partial charge in [0.25, 0.3) is 0 Å². The fourth-order valence-corrected chi connectivity index (χ4v) is 3.22. The molecule has 1 fully saturated rings. The highest BCUT2D eigenvalue weighted by atomic mass is 35.5. The number of ketones is 1. The predicted molar refractivity (Wildman–Crippen MR) is 95.9 cm³/mol. The molecule has 1 aliphatic rings. The highest BCUT2D eigenvalue weighted by Gasteiger charge is 2.21. The Bertz CT molecular complexity index is 683. The van der Waals surface area contributed by atoms with Crippen LogP contribution in [-0.4, -0.2) is 43.4 Å². The SMILES string of the molecule is O=C(CN1CCN(c2cccc(Cl)c2Cl)CC1)c1ccccc1. The van der Waals surface area contributed by atoms with Gasteiger partial charge in [-0.3, -0.25) is 9.69 Å². The maximum atomic E-state index is 12.3. The molecule has 1 heterocycles. The Morgan fingerprint density at radius 3 is 2.30 bits per heavy atom. The number of carbonyl (C=O) groups is 1.